The van der Waals surface area contributed by atoms with Crippen molar-refractivity contribution in [2.24, 2.45) is 11.3 Å². The van der Waals surface area contributed by atoms with Crippen molar-refractivity contribution in [3.63, 3.8) is 0 Å². The van der Waals surface area contributed by atoms with Crippen molar-refractivity contribution in [3.8, 4) is 0 Å². The van der Waals surface area contributed by atoms with Gasteiger partial charge in [0.2, 0.25) is 5.91 Å². The van der Waals surface area contributed by atoms with Crippen molar-refractivity contribution >= 4 is 33.3 Å². The van der Waals surface area contributed by atoms with Crippen molar-refractivity contribution in [2.75, 3.05) is 11.4 Å². The predicted octanol–water partition coefficient (Wildman–Crippen LogP) is 4.61. The standard InChI is InChI=1S/C19H26BrNO2/c1-12(2)16(20)17(22)14-8-9-15-13(11-14)7-6-10-21(15)18(23)19(3,4)5/h8-9,11-12,16H,6-7,10H2,1-5H3. The first-order valence-corrected chi connectivity index (χ1v) is 9.17. The maximum atomic E-state index is 12.7. The highest BCUT2D eigenvalue weighted by Gasteiger charge is 2.31. The lowest BCUT2D eigenvalue weighted by Crippen LogP contribution is -2.42. The van der Waals surface area contributed by atoms with Crippen LogP contribution in [-0.4, -0.2) is 23.1 Å². The molecule has 1 aromatic carbocycles. The molecule has 3 nitrogen and oxygen atoms in total. The van der Waals surface area contributed by atoms with Gasteiger partial charge in [0, 0.05) is 23.2 Å². The molecule has 0 spiro atoms. The molecule has 1 unspecified atom stereocenters. The van der Waals surface area contributed by atoms with Gasteiger partial charge in [-0.25, -0.2) is 0 Å². The monoisotopic (exact) mass is 379 g/mol. The van der Waals surface area contributed by atoms with Gasteiger partial charge in [0.15, 0.2) is 5.78 Å². The van der Waals surface area contributed by atoms with Crippen molar-refractivity contribution in [1.82, 2.24) is 0 Å². The molecule has 0 N–H and O–H groups in total. The number of ketones is 1. The molecule has 0 bridgehead atoms. The van der Waals surface area contributed by atoms with E-state index >= 15 is 0 Å². The molecule has 0 saturated heterocycles. The van der Waals surface area contributed by atoms with Crippen LogP contribution >= 0.6 is 15.9 Å². The zero-order chi connectivity index (χ0) is 17.4. The minimum absolute atomic E-state index is 0.113. The molecule has 1 aromatic rings. The molecular weight excluding hydrogens is 354 g/mol. The largest absolute Gasteiger partial charge is 0.312 e. The number of fused-ring (bicyclic) bond motifs is 1. The average molecular weight is 380 g/mol. The second kappa shape index (κ2) is 6.76. The number of benzene rings is 1. The summed E-state index contributed by atoms with van der Waals surface area (Å²) in [5.41, 5.74) is 2.39. The van der Waals surface area contributed by atoms with Gasteiger partial charge in [-0.15, -0.1) is 0 Å². The molecule has 23 heavy (non-hydrogen) atoms. The number of alkyl halides is 1. The smallest absolute Gasteiger partial charge is 0.232 e. The number of anilines is 1. The van der Waals surface area contributed by atoms with Gasteiger partial charge in [-0.05, 0) is 42.5 Å². The lowest BCUT2D eigenvalue weighted by Gasteiger charge is -2.34. The number of aryl methyl sites for hydroxylation is 1. The summed E-state index contributed by atoms with van der Waals surface area (Å²) in [6.45, 7) is 10.6. The Hall–Kier alpha value is -1.16. The average Bonchev–Trinajstić information content (AvgIpc) is 2.50. The van der Waals surface area contributed by atoms with E-state index in [9.17, 15) is 9.59 Å². The molecule has 4 heteroatoms. The molecule has 1 amide bonds. The summed E-state index contributed by atoms with van der Waals surface area (Å²) < 4.78 is 0. The maximum Gasteiger partial charge on any atom is 0.232 e. The van der Waals surface area contributed by atoms with Gasteiger partial charge in [0.1, 0.15) is 0 Å². The van der Waals surface area contributed by atoms with Crippen molar-refractivity contribution in [2.45, 2.75) is 52.3 Å². The third-order valence-electron chi connectivity index (χ3n) is 4.21. The zero-order valence-electron chi connectivity index (χ0n) is 14.6. The Balaban J connectivity index is 2.34. The van der Waals surface area contributed by atoms with Crippen LogP contribution < -0.4 is 4.90 Å². The van der Waals surface area contributed by atoms with Crippen LogP contribution in [0.4, 0.5) is 5.69 Å². The number of rotatable bonds is 3. The SMILES string of the molecule is CC(C)C(Br)C(=O)c1ccc2c(c1)CCCN2C(=O)C(C)(C)C. The summed E-state index contributed by atoms with van der Waals surface area (Å²) in [7, 11) is 0. The summed E-state index contributed by atoms with van der Waals surface area (Å²) in [5.74, 6) is 0.498. The number of nitrogens with zero attached hydrogens (tertiary/aromatic N) is 1. The summed E-state index contributed by atoms with van der Waals surface area (Å²) in [6.07, 6.45) is 1.85. The molecule has 0 aliphatic carbocycles. The normalized spacial score (nSPS) is 16.2. The first-order chi connectivity index (χ1) is 10.6. The molecule has 1 atom stereocenters. The van der Waals surface area contributed by atoms with E-state index in [4.69, 9.17) is 0 Å². The molecular formula is C19H26BrNO2. The van der Waals surface area contributed by atoms with Gasteiger partial charge in [0.25, 0.3) is 0 Å². The molecule has 126 valence electrons. The van der Waals surface area contributed by atoms with E-state index in [0.717, 1.165) is 36.2 Å². The van der Waals surface area contributed by atoms with E-state index in [1.807, 2.05) is 57.7 Å². The quantitative estimate of drug-likeness (QED) is 0.567. The van der Waals surface area contributed by atoms with Crippen LogP contribution in [-0.2, 0) is 11.2 Å². The van der Waals surface area contributed by atoms with E-state index in [1.54, 1.807) is 0 Å². The third-order valence-corrected chi connectivity index (χ3v) is 5.68. The molecule has 0 aromatic heterocycles. The lowest BCUT2D eigenvalue weighted by molar-refractivity contribution is -0.125. The van der Waals surface area contributed by atoms with E-state index in [1.165, 1.54) is 0 Å². The highest BCUT2D eigenvalue weighted by Crippen LogP contribution is 2.32. The zero-order valence-corrected chi connectivity index (χ0v) is 16.2. The fourth-order valence-corrected chi connectivity index (χ4v) is 3.09. The number of Topliss-reactive ketones (excluding diaryl/α,β-unsaturated/α-hetero) is 1. The molecule has 1 heterocycles. The van der Waals surface area contributed by atoms with Gasteiger partial charge in [0.05, 0.1) is 4.83 Å². The fourth-order valence-electron chi connectivity index (χ4n) is 2.83. The first kappa shape index (κ1) is 18.2. The predicted molar refractivity (Wildman–Crippen MR) is 98.5 cm³/mol. The third kappa shape index (κ3) is 3.85. The Labute approximate surface area is 147 Å². The van der Waals surface area contributed by atoms with Crippen LogP contribution in [0.2, 0.25) is 0 Å². The van der Waals surface area contributed by atoms with Crippen LogP contribution in [0.15, 0.2) is 18.2 Å². The van der Waals surface area contributed by atoms with Crippen LogP contribution in [0.3, 0.4) is 0 Å². The van der Waals surface area contributed by atoms with Gasteiger partial charge in [-0.3, -0.25) is 9.59 Å². The summed E-state index contributed by atoms with van der Waals surface area (Å²) in [6, 6.07) is 5.76. The Bertz CT molecular complexity index is 616. The Kier molecular flexibility index (Phi) is 5.34. The molecule has 1 aliphatic rings. The van der Waals surface area contributed by atoms with Crippen LogP contribution in [0, 0.1) is 11.3 Å². The molecule has 1 aliphatic heterocycles. The van der Waals surface area contributed by atoms with Crippen LogP contribution in [0.1, 0.15) is 57.0 Å². The van der Waals surface area contributed by atoms with Crippen molar-refractivity contribution in [3.05, 3.63) is 29.3 Å². The van der Waals surface area contributed by atoms with Gasteiger partial charge >= 0.3 is 0 Å². The van der Waals surface area contributed by atoms with Gasteiger partial charge < -0.3 is 4.90 Å². The Morgan fingerprint density at radius 1 is 1.22 bits per heavy atom. The van der Waals surface area contributed by atoms with Crippen LogP contribution in [0.5, 0.6) is 0 Å². The Morgan fingerprint density at radius 2 is 1.87 bits per heavy atom. The second-order valence-corrected chi connectivity index (χ2v) is 8.65. The topological polar surface area (TPSA) is 37.4 Å². The van der Waals surface area contributed by atoms with Gasteiger partial charge in [-0.1, -0.05) is 50.5 Å². The highest BCUT2D eigenvalue weighted by atomic mass is 79.9. The minimum Gasteiger partial charge on any atom is -0.312 e. The summed E-state index contributed by atoms with van der Waals surface area (Å²) in [5, 5.41) is 0. The molecule has 2 rings (SSSR count). The van der Waals surface area contributed by atoms with Crippen LogP contribution in [0.25, 0.3) is 0 Å². The molecule has 0 radical (unpaired) electrons. The number of carbonyl (C=O) groups excluding carboxylic acids is 2. The van der Waals surface area contributed by atoms with Crippen molar-refractivity contribution in [1.29, 1.82) is 0 Å². The van der Waals surface area contributed by atoms with Gasteiger partial charge in [-0.2, -0.15) is 0 Å². The molecule has 0 saturated carbocycles. The first-order valence-electron chi connectivity index (χ1n) is 8.26. The summed E-state index contributed by atoms with van der Waals surface area (Å²) in [4.78, 5) is 26.9. The number of halogens is 1. The number of amides is 1. The minimum atomic E-state index is -0.401. The maximum absolute atomic E-state index is 12.7. The van der Waals surface area contributed by atoms with E-state index in [0.29, 0.717) is 0 Å². The second-order valence-electron chi connectivity index (χ2n) is 7.66. The van der Waals surface area contributed by atoms with E-state index < -0.39 is 5.41 Å². The molecule has 0 fully saturated rings. The Morgan fingerprint density at radius 3 is 2.43 bits per heavy atom. The van der Waals surface area contributed by atoms with E-state index in [2.05, 4.69) is 15.9 Å². The lowest BCUT2D eigenvalue weighted by atomic mass is 9.91. The van der Waals surface area contributed by atoms with Crippen molar-refractivity contribution < 1.29 is 9.59 Å². The number of hydrogen-bond donors (Lipinski definition) is 0. The summed E-state index contributed by atoms with van der Waals surface area (Å²) >= 11 is 3.49. The fraction of sp³-hybridized carbons (Fsp3) is 0.579. The number of hydrogen-bond acceptors (Lipinski definition) is 2. The number of carbonyl (C=O) groups is 2. The highest BCUT2D eigenvalue weighted by molar-refractivity contribution is 9.10. The van der Waals surface area contributed by atoms with E-state index in [-0.39, 0.29) is 22.4 Å².